The smallest absolute Gasteiger partial charge is 0.119 e. The molecule has 0 aromatic heterocycles. The Kier molecular flexibility index (Phi) is 8.14. The van der Waals surface area contributed by atoms with Gasteiger partial charge in [-0.05, 0) is 88.0 Å². The number of hydrogen-bond acceptors (Lipinski definition) is 2. The van der Waals surface area contributed by atoms with Crippen LogP contribution in [0.2, 0.25) is 13.1 Å². The molecule has 1 unspecified atom stereocenters. The van der Waals surface area contributed by atoms with Gasteiger partial charge in [-0.1, -0.05) is 139 Å². The van der Waals surface area contributed by atoms with Gasteiger partial charge in [0.05, 0.1) is 14.7 Å². The summed E-state index contributed by atoms with van der Waals surface area (Å²) in [6, 6.07) is 41.7. The van der Waals surface area contributed by atoms with Crippen LogP contribution in [0.5, 0.6) is 5.75 Å². The number of benzene rings is 5. The summed E-state index contributed by atoms with van der Waals surface area (Å²) in [4.78, 5) is 0. The molecule has 2 aliphatic rings. The molecule has 0 saturated heterocycles. The summed E-state index contributed by atoms with van der Waals surface area (Å²) in [7, 11) is -0.256. The summed E-state index contributed by atoms with van der Waals surface area (Å²) in [5, 5.41) is 1.64. The average molecular weight is 619 g/mol. The average Bonchev–Trinajstić information content (AvgIpc) is 3.61. The van der Waals surface area contributed by atoms with Gasteiger partial charge in [-0.3, -0.25) is 0 Å². The molecular formula is C43H42O2Si. The van der Waals surface area contributed by atoms with Gasteiger partial charge in [0.25, 0.3) is 0 Å². The molecule has 5 aromatic rings. The van der Waals surface area contributed by atoms with E-state index in [0.29, 0.717) is 18.8 Å². The summed E-state index contributed by atoms with van der Waals surface area (Å²) in [5.41, 5.74) is 16.9. The van der Waals surface area contributed by atoms with Crippen molar-refractivity contribution in [1.29, 1.82) is 0 Å². The predicted molar refractivity (Wildman–Crippen MR) is 195 cm³/mol. The highest BCUT2D eigenvalue weighted by atomic mass is 28.3. The largest absolute Gasteiger partial charge is 0.489 e. The maximum atomic E-state index is 5.99. The highest BCUT2D eigenvalue weighted by molar-refractivity contribution is 6.96. The molecular weight excluding hydrogens is 577 g/mol. The number of ether oxygens (including phenoxy) is 2. The van der Waals surface area contributed by atoms with Crippen LogP contribution in [0, 0.1) is 0 Å². The summed E-state index contributed by atoms with van der Waals surface area (Å²) in [6.45, 7) is 11.1. The van der Waals surface area contributed by atoms with Crippen molar-refractivity contribution < 1.29 is 9.47 Å². The van der Waals surface area contributed by atoms with Crippen molar-refractivity contribution in [2.75, 3.05) is 7.11 Å². The van der Waals surface area contributed by atoms with Crippen LogP contribution >= 0.6 is 0 Å². The first-order valence-electron chi connectivity index (χ1n) is 16.3. The second-order valence-corrected chi connectivity index (χ2v) is 18.0. The topological polar surface area (TPSA) is 18.5 Å². The van der Waals surface area contributed by atoms with Crippen molar-refractivity contribution in [3.8, 4) is 28.0 Å². The highest BCUT2D eigenvalue weighted by Crippen LogP contribution is 2.52. The first-order chi connectivity index (χ1) is 22.3. The lowest BCUT2D eigenvalue weighted by molar-refractivity contribution is 0.185. The van der Waals surface area contributed by atoms with E-state index in [1.165, 1.54) is 61.2 Å². The van der Waals surface area contributed by atoms with Crippen LogP contribution in [0.4, 0.5) is 0 Å². The Morgan fingerprint density at radius 2 is 1.26 bits per heavy atom. The summed E-state index contributed by atoms with van der Waals surface area (Å²) < 4.78 is 11.3. The van der Waals surface area contributed by atoms with Gasteiger partial charge in [0.15, 0.2) is 0 Å². The lowest BCUT2D eigenvalue weighted by atomic mass is 9.95. The van der Waals surface area contributed by atoms with E-state index < -0.39 is 8.07 Å². The third-order valence-corrected chi connectivity index (χ3v) is 14.1. The maximum Gasteiger partial charge on any atom is 0.119 e. The van der Waals surface area contributed by atoms with E-state index in [0.717, 1.165) is 12.2 Å². The third-order valence-electron chi connectivity index (χ3n) is 9.95. The lowest BCUT2D eigenvalue weighted by Crippen LogP contribution is -2.37. The minimum absolute atomic E-state index is 0.439. The van der Waals surface area contributed by atoms with Gasteiger partial charge in [0.2, 0.25) is 0 Å². The van der Waals surface area contributed by atoms with E-state index in [2.05, 4.69) is 118 Å². The maximum absolute atomic E-state index is 5.99. The zero-order valence-electron chi connectivity index (χ0n) is 27.6. The summed E-state index contributed by atoms with van der Waals surface area (Å²) in [5.74, 6) is 0.897. The second kappa shape index (κ2) is 12.4. The Bertz CT molecular complexity index is 1950. The SMILES string of the molecule is COCc1ccc(-c2cccc3c2CC(C)=C3[Si](C)(C)C2C(C)=Cc3c(-c4ccc(COc5ccccc5)cc4)cccc32)cc1. The molecule has 230 valence electrons. The van der Waals surface area contributed by atoms with E-state index in [4.69, 9.17) is 9.47 Å². The number of rotatable bonds is 9. The normalized spacial score (nSPS) is 15.5. The molecule has 46 heavy (non-hydrogen) atoms. The summed E-state index contributed by atoms with van der Waals surface area (Å²) >= 11 is 0. The molecule has 0 saturated carbocycles. The Hall–Kier alpha value is -4.44. The Labute approximate surface area is 275 Å². The molecule has 3 heteroatoms. The Morgan fingerprint density at radius 1 is 0.652 bits per heavy atom. The number of fused-ring (bicyclic) bond motifs is 2. The van der Waals surface area contributed by atoms with Gasteiger partial charge in [-0.25, -0.2) is 0 Å². The van der Waals surface area contributed by atoms with Gasteiger partial charge >= 0.3 is 0 Å². The third kappa shape index (κ3) is 5.48. The Morgan fingerprint density at radius 3 is 1.96 bits per heavy atom. The molecule has 0 aliphatic heterocycles. The minimum Gasteiger partial charge on any atom is -0.489 e. The standard InChI is InChI=1S/C43H42O2Si/c1-29-25-40-36(33-21-17-31(18-22-33)27-44-3)13-9-15-38(40)42(29)46(4,5)43-30(2)26-41-37(14-10-16-39(41)43)34-23-19-32(20-24-34)28-45-35-11-7-6-8-12-35/h6-24,26,43H,25,27-28H2,1-5H3. The van der Waals surface area contributed by atoms with Gasteiger partial charge in [0, 0.05) is 12.7 Å². The zero-order chi connectivity index (χ0) is 31.8. The molecule has 7 rings (SSSR count). The number of hydrogen-bond donors (Lipinski definition) is 0. The van der Waals surface area contributed by atoms with E-state index in [1.54, 1.807) is 17.9 Å². The van der Waals surface area contributed by atoms with Crippen molar-refractivity contribution in [3.05, 3.63) is 160 Å². The summed E-state index contributed by atoms with van der Waals surface area (Å²) in [6.07, 6.45) is 3.50. The number of methoxy groups -OCH3 is 1. The van der Waals surface area contributed by atoms with Crippen LogP contribution in [0.1, 0.15) is 52.8 Å². The predicted octanol–water partition coefficient (Wildman–Crippen LogP) is 11.1. The molecule has 2 nitrogen and oxygen atoms in total. The van der Waals surface area contributed by atoms with E-state index in [9.17, 15) is 0 Å². The fourth-order valence-corrected chi connectivity index (χ4v) is 12.7. The van der Waals surface area contributed by atoms with Crippen LogP contribution in [-0.4, -0.2) is 15.2 Å². The van der Waals surface area contributed by atoms with E-state index in [1.807, 2.05) is 30.3 Å². The van der Waals surface area contributed by atoms with Crippen molar-refractivity contribution in [2.45, 2.75) is 52.1 Å². The van der Waals surface area contributed by atoms with Gasteiger partial charge in [-0.2, -0.15) is 0 Å². The molecule has 0 amide bonds. The van der Waals surface area contributed by atoms with Crippen LogP contribution in [0.3, 0.4) is 0 Å². The number of para-hydroxylation sites is 1. The van der Waals surface area contributed by atoms with Gasteiger partial charge < -0.3 is 9.47 Å². The van der Waals surface area contributed by atoms with Crippen LogP contribution in [-0.2, 0) is 24.4 Å². The molecule has 0 radical (unpaired) electrons. The van der Waals surface area contributed by atoms with Crippen LogP contribution in [0.15, 0.2) is 126 Å². The van der Waals surface area contributed by atoms with Crippen molar-refractivity contribution in [1.82, 2.24) is 0 Å². The lowest BCUT2D eigenvalue weighted by Gasteiger charge is -2.35. The molecule has 5 aromatic carbocycles. The number of allylic oxidation sites excluding steroid dienone is 2. The van der Waals surface area contributed by atoms with Gasteiger partial charge in [-0.15, -0.1) is 0 Å². The monoisotopic (exact) mass is 618 g/mol. The van der Waals surface area contributed by atoms with Crippen LogP contribution in [0.25, 0.3) is 33.5 Å². The fourth-order valence-electron chi connectivity index (χ4n) is 8.08. The molecule has 0 N–H and O–H groups in total. The fraction of sp³-hybridized carbons (Fsp3) is 0.209. The minimum atomic E-state index is -2.01. The highest BCUT2D eigenvalue weighted by Gasteiger charge is 2.44. The molecule has 1 atom stereocenters. The van der Waals surface area contributed by atoms with Crippen molar-refractivity contribution in [2.24, 2.45) is 0 Å². The molecule has 0 bridgehead atoms. The van der Waals surface area contributed by atoms with Crippen LogP contribution < -0.4 is 4.74 Å². The molecule has 2 aliphatic carbocycles. The van der Waals surface area contributed by atoms with Gasteiger partial charge in [0.1, 0.15) is 12.4 Å². The molecule has 0 fully saturated rings. The first-order valence-corrected chi connectivity index (χ1v) is 19.4. The quantitative estimate of drug-likeness (QED) is 0.153. The zero-order valence-corrected chi connectivity index (χ0v) is 28.6. The van der Waals surface area contributed by atoms with Crippen molar-refractivity contribution in [3.63, 3.8) is 0 Å². The Balaban J connectivity index is 1.18. The van der Waals surface area contributed by atoms with Crippen molar-refractivity contribution >= 4 is 19.3 Å². The molecule has 0 spiro atoms. The van der Waals surface area contributed by atoms with E-state index >= 15 is 0 Å². The molecule has 0 heterocycles. The van der Waals surface area contributed by atoms with E-state index in [-0.39, 0.29) is 0 Å². The second-order valence-electron chi connectivity index (χ2n) is 13.4. The first kappa shape index (κ1) is 30.2.